The summed E-state index contributed by atoms with van der Waals surface area (Å²) in [5.74, 6) is -0.959. The van der Waals surface area contributed by atoms with Crippen LogP contribution in [0.25, 0.3) is 0 Å². The summed E-state index contributed by atoms with van der Waals surface area (Å²) in [6.45, 7) is 5.57. The lowest BCUT2D eigenvalue weighted by Crippen LogP contribution is -2.44. The molecular formula is C16H26N2O4S. The van der Waals surface area contributed by atoms with Gasteiger partial charge < -0.3 is 4.74 Å². The van der Waals surface area contributed by atoms with Gasteiger partial charge in [-0.3, -0.25) is 4.79 Å². The van der Waals surface area contributed by atoms with E-state index in [0.29, 0.717) is 6.42 Å². The van der Waals surface area contributed by atoms with Gasteiger partial charge in [0.05, 0.1) is 12.5 Å². The molecule has 6 nitrogen and oxygen atoms in total. The monoisotopic (exact) mass is 342 g/mol. The Balaban J connectivity index is 2.79. The van der Waals surface area contributed by atoms with Crippen molar-refractivity contribution < 1.29 is 17.9 Å². The van der Waals surface area contributed by atoms with Crippen LogP contribution >= 0.6 is 0 Å². The Hall–Kier alpha value is -1.44. The Kier molecular flexibility index (Phi) is 7.67. The summed E-state index contributed by atoms with van der Waals surface area (Å²) in [5, 5.41) is 0. The van der Waals surface area contributed by atoms with Gasteiger partial charge in [-0.2, -0.15) is 12.7 Å². The first-order valence-electron chi connectivity index (χ1n) is 7.71. The van der Waals surface area contributed by atoms with Crippen LogP contribution in [0.2, 0.25) is 0 Å². The molecule has 0 amide bonds. The van der Waals surface area contributed by atoms with Crippen LogP contribution in [-0.2, 0) is 26.2 Å². The Morgan fingerprint density at radius 2 is 1.87 bits per heavy atom. The number of nitrogens with zero attached hydrogens (tertiary/aromatic N) is 1. The van der Waals surface area contributed by atoms with Gasteiger partial charge in [0.2, 0.25) is 0 Å². The van der Waals surface area contributed by atoms with E-state index in [-0.39, 0.29) is 19.2 Å². The molecule has 0 saturated heterocycles. The number of nitrogens with one attached hydrogen (secondary N) is 1. The number of hydrogen-bond acceptors (Lipinski definition) is 4. The largest absolute Gasteiger partial charge is 0.466 e. The zero-order valence-corrected chi connectivity index (χ0v) is 15.0. The molecule has 0 spiro atoms. The predicted octanol–water partition coefficient (Wildman–Crippen LogP) is 1.58. The molecule has 1 atom stereocenters. The molecule has 130 valence electrons. The van der Waals surface area contributed by atoms with Gasteiger partial charge in [-0.1, -0.05) is 30.3 Å². The second-order valence-corrected chi connectivity index (χ2v) is 7.42. The fourth-order valence-corrected chi connectivity index (χ4v) is 3.15. The van der Waals surface area contributed by atoms with Gasteiger partial charge in [0, 0.05) is 19.6 Å². The highest BCUT2D eigenvalue weighted by molar-refractivity contribution is 7.87. The molecule has 0 aromatic heterocycles. The lowest BCUT2D eigenvalue weighted by atomic mass is 10.00. The van der Waals surface area contributed by atoms with Gasteiger partial charge in [0.15, 0.2) is 0 Å². The Morgan fingerprint density at radius 3 is 2.39 bits per heavy atom. The quantitative estimate of drug-likeness (QED) is 0.692. The van der Waals surface area contributed by atoms with Crippen LogP contribution in [0.15, 0.2) is 30.3 Å². The molecule has 23 heavy (non-hydrogen) atoms. The molecule has 1 N–H and O–H groups in total. The van der Waals surface area contributed by atoms with Gasteiger partial charge in [-0.05, 0) is 32.8 Å². The number of ether oxygens (including phenoxy) is 1. The van der Waals surface area contributed by atoms with E-state index < -0.39 is 22.1 Å². The molecule has 7 heteroatoms. The van der Waals surface area contributed by atoms with Crippen molar-refractivity contribution in [1.82, 2.24) is 9.03 Å². The van der Waals surface area contributed by atoms with Crippen molar-refractivity contribution in [1.29, 1.82) is 0 Å². The van der Waals surface area contributed by atoms with Crippen LogP contribution in [0.1, 0.15) is 26.3 Å². The normalized spacial score (nSPS) is 13.3. The lowest BCUT2D eigenvalue weighted by molar-refractivity contribution is -0.147. The minimum absolute atomic E-state index is 0.00706. The fraction of sp³-hybridized carbons (Fsp3) is 0.562. The molecule has 0 bridgehead atoms. The van der Waals surface area contributed by atoms with E-state index in [1.165, 1.54) is 11.4 Å². The fourth-order valence-electron chi connectivity index (χ4n) is 1.98. The number of hydrogen-bond donors (Lipinski definition) is 1. The molecule has 0 aliphatic rings. The molecule has 0 radical (unpaired) electrons. The Morgan fingerprint density at radius 1 is 1.26 bits per heavy atom. The van der Waals surface area contributed by atoms with Crippen molar-refractivity contribution in [3.05, 3.63) is 35.9 Å². The summed E-state index contributed by atoms with van der Waals surface area (Å²) in [6, 6.07) is 9.30. The summed E-state index contributed by atoms with van der Waals surface area (Å²) >= 11 is 0. The predicted molar refractivity (Wildman–Crippen MR) is 90.1 cm³/mol. The third-order valence-corrected chi connectivity index (χ3v) is 5.27. The third-order valence-electron chi connectivity index (χ3n) is 3.56. The second kappa shape index (κ2) is 9.00. The molecule has 0 aliphatic heterocycles. The van der Waals surface area contributed by atoms with Crippen LogP contribution in [0.5, 0.6) is 0 Å². The number of benzene rings is 1. The van der Waals surface area contributed by atoms with E-state index in [9.17, 15) is 13.2 Å². The molecular weight excluding hydrogens is 316 g/mol. The van der Waals surface area contributed by atoms with Gasteiger partial charge in [0.25, 0.3) is 10.2 Å². The first kappa shape index (κ1) is 19.6. The van der Waals surface area contributed by atoms with E-state index in [1.54, 1.807) is 20.8 Å². The van der Waals surface area contributed by atoms with Crippen molar-refractivity contribution in [3.8, 4) is 0 Å². The maximum Gasteiger partial charge on any atom is 0.310 e. The number of carbonyl (C=O) groups excluding carboxylic acids is 1. The average Bonchev–Trinajstić information content (AvgIpc) is 2.51. The van der Waals surface area contributed by atoms with Crippen molar-refractivity contribution in [3.63, 3.8) is 0 Å². The van der Waals surface area contributed by atoms with Crippen LogP contribution in [0.4, 0.5) is 0 Å². The maximum absolute atomic E-state index is 12.2. The van der Waals surface area contributed by atoms with E-state index in [0.717, 1.165) is 5.56 Å². The van der Waals surface area contributed by atoms with E-state index >= 15 is 0 Å². The van der Waals surface area contributed by atoms with Crippen LogP contribution in [-0.4, -0.2) is 44.9 Å². The highest BCUT2D eigenvalue weighted by Gasteiger charge is 2.25. The highest BCUT2D eigenvalue weighted by Crippen LogP contribution is 2.11. The summed E-state index contributed by atoms with van der Waals surface area (Å²) < 4.78 is 33.1. The van der Waals surface area contributed by atoms with Crippen LogP contribution < -0.4 is 4.72 Å². The summed E-state index contributed by atoms with van der Waals surface area (Å²) in [4.78, 5) is 12.1. The molecule has 1 aromatic rings. The van der Waals surface area contributed by atoms with Gasteiger partial charge in [0.1, 0.15) is 0 Å². The topological polar surface area (TPSA) is 75.7 Å². The number of carbonyl (C=O) groups is 1. The minimum atomic E-state index is -3.62. The van der Waals surface area contributed by atoms with Gasteiger partial charge >= 0.3 is 5.97 Å². The molecule has 1 aromatic carbocycles. The minimum Gasteiger partial charge on any atom is -0.466 e. The molecule has 1 unspecified atom stereocenters. The number of esters is 1. The van der Waals surface area contributed by atoms with E-state index in [2.05, 4.69) is 4.72 Å². The van der Waals surface area contributed by atoms with Crippen molar-refractivity contribution in [2.24, 2.45) is 5.92 Å². The van der Waals surface area contributed by atoms with E-state index in [1.807, 2.05) is 30.3 Å². The highest BCUT2D eigenvalue weighted by atomic mass is 32.2. The van der Waals surface area contributed by atoms with Gasteiger partial charge in [-0.25, -0.2) is 4.72 Å². The Bertz CT molecular complexity index is 587. The first-order valence-corrected chi connectivity index (χ1v) is 9.15. The molecule has 0 saturated carbocycles. The first-order chi connectivity index (χ1) is 10.8. The van der Waals surface area contributed by atoms with Gasteiger partial charge in [-0.15, -0.1) is 0 Å². The van der Waals surface area contributed by atoms with E-state index in [4.69, 9.17) is 4.74 Å². The average molecular weight is 342 g/mol. The smallest absolute Gasteiger partial charge is 0.310 e. The second-order valence-electron chi connectivity index (χ2n) is 5.60. The summed E-state index contributed by atoms with van der Waals surface area (Å²) in [7, 11) is -2.12. The SMILES string of the molecule is CCOC(=O)C(CNS(=O)(=O)N(C)C(C)C)Cc1ccccc1. The standard InChI is InChI=1S/C16H26N2O4S/c1-5-22-16(19)15(11-14-9-7-6-8-10-14)12-17-23(20,21)18(4)13(2)3/h6-10,13,15,17H,5,11-12H2,1-4H3. The molecule has 0 fully saturated rings. The van der Waals surface area contributed by atoms with Crippen molar-refractivity contribution in [2.75, 3.05) is 20.2 Å². The van der Waals surface area contributed by atoms with Crippen molar-refractivity contribution in [2.45, 2.75) is 33.2 Å². The zero-order chi connectivity index (χ0) is 17.5. The third kappa shape index (κ3) is 6.29. The van der Waals surface area contributed by atoms with Crippen LogP contribution in [0, 0.1) is 5.92 Å². The van der Waals surface area contributed by atoms with Crippen LogP contribution in [0.3, 0.4) is 0 Å². The Labute approximate surface area is 139 Å². The summed E-state index contributed by atoms with van der Waals surface area (Å²) in [6.07, 6.45) is 0.424. The molecule has 1 rings (SSSR count). The number of rotatable bonds is 9. The summed E-state index contributed by atoms with van der Waals surface area (Å²) in [5.41, 5.74) is 0.960. The molecule has 0 aliphatic carbocycles. The maximum atomic E-state index is 12.2. The van der Waals surface area contributed by atoms with Crippen molar-refractivity contribution >= 4 is 16.2 Å². The zero-order valence-electron chi connectivity index (χ0n) is 14.2. The lowest BCUT2D eigenvalue weighted by Gasteiger charge is -2.23. The molecule has 0 heterocycles.